The number of halogens is 4. The Hall–Kier alpha value is -2.10. The molecule has 0 saturated carbocycles. The van der Waals surface area contributed by atoms with E-state index in [0.29, 0.717) is 6.54 Å². The quantitative estimate of drug-likeness (QED) is 0.455. The topological polar surface area (TPSA) is 72.9 Å². The second-order valence-electron chi connectivity index (χ2n) is 10.8. The Balaban J connectivity index is 1.43. The first-order valence-corrected chi connectivity index (χ1v) is 13.4. The van der Waals surface area contributed by atoms with Crippen molar-refractivity contribution in [3.63, 3.8) is 0 Å². The van der Waals surface area contributed by atoms with Gasteiger partial charge in [-0.3, -0.25) is 19.4 Å². The van der Waals surface area contributed by atoms with Crippen LogP contribution in [-0.2, 0) is 22.3 Å². The number of amides is 1. The molecule has 2 saturated heterocycles. The molecule has 10 heteroatoms. The van der Waals surface area contributed by atoms with Crippen LogP contribution in [0.25, 0.3) is 0 Å². The highest BCUT2D eigenvalue weighted by Gasteiger charge is 2.52. The summed E-state index contributed by atoms with van der Waals surface area (Å²) in [5, 5.41) is 12.8. The number of hydrogen-bond donors (Lipinski definition) is 2. The molecule has 3 aliphatic rings. The predicted octanol–water partition coefficient (Wildman–Crippen LogP) is 4.96. The molecule has 2 atom stereocenters. The van der Waals surface area contributed by atoms with Crippen molar-refractivity contribution in [2.75, 3.05) is 32.7 Å². The number of likely N-dealkylation sites (tertiary alicyclic amines) is 2. The molecule has 4 rings (SSSR count). The number of carbonyl (C=O) groups is 2. The molecular weight excluding hydrogens is 507 g/mol. The molecule has 0 unspecified atom stereocenters. The van der Waals surface area contributed by atoms with Crippen molar-refractivity contribution in [3.8, 4) is 0 Å². The predicted molar refractivity (Wildman–Crippen MR) is 135 cm³/mol. The first-order valence-electron chi connectivity index (χ1n) is 13.0. The van der Waals surface area contributed by atoms with E-state index in [1.165, 1.54) is 24.1 Å². The van der Waals surface area contributed by atoms with E-state index in [1.807, 2.05) is 0 Å². The molecule has 1 aliphatic carbocycles. The maximum Gasteiger partial charge on any atom is 0.416 e. The zero-order chi connectivity index (χ0) is 26.8. The van der Waals surface area contributed by atoms with Crippen LogP contribution >= 0.6 is 11.6 Å². The first-order chi connectivity index (χ1) is 17.5. The standard InChI is InChI=1S/C27H35ClF3N3O3/c1-18-14-34(16-21-22(27(29,30)31)7-4-8-23(21)28)17-26(18,13-24(35)36)25(37)32-20-9-11-33(12-10-20)15-19-5-2-3-6-19/h4-5,7-8,18,20H,2-3,6,9-17H2,1H3,(H,32,37)(H,35,36)/t18-,26-/m0/s1. The number of nitrogens with zero attached hydrogens (tertiary/aromatic N) is 2. The number of carboxylic acid groups (broad SMARTS) is 1. The molecule has 37 heavy (non-hydrogen) atoms. The molecule has 6 nitrogen and oxygen atoms in total. The number of rotatable bonds is 8. The summed E-state index contributed by atoms with van der Waals surface area (Å²) in [6, 6.07) is 3.62. The summed E-state index contributed by atoms with van der Waals surface area (Å²) < 4.78 is 40.8. The summed E-state index contributed by atoms with van der Waals surface area (Å²) in [4.78, 5) is 29.6. The molecule has 1 aromatic carbocycles. The van der Waals surface area contributed by atoms with Crippen LogP contribution in [0.15, 0.2) is 29.8 Å². The lowest BCUT2D eigenvalue weighted by Gasteiger charge is -2.36. The van der Waals surface area contributed by atoms with Gasteiger partial charge in [0.25, 0.3) is 0 Å². The second kappa shape index (κ2) is 11.3. The van der Waals surface area contributed by atoms with Crippen molar-refractivity contribution in [1.82, 2.24) is 15.1 Å². The van der Waals surface area contributed by atoms with Crippen LogP contribution in [0, 0.1) is 11.3 Å². The smallest absolute Gasteiger partial charge is 0.416 e. The highest BCUT2D eigenvalue weighted by molar-refractivity contribution is 6.31. The Morgan fingerprint density at radius 1 is 1.19 bits per heavy atom. The highest BCUT2D eigenvalue weighted by atomic mass is 35.5. The van der Waals surface area contributed by atoms with Crippen LogP contribution in [-0.4, -0.2) is 65.5 Å². The Morgan fingerprint density at radius 3 is 2.54 bits per heavy atom. The number of piperidine rings is 1. The van der Waals surface area contributed by atoms with Gasteiger partial charge in [0.2, 0.25) is 5.91 Å². The Morgan fingerprint density at radius 2 is 1.92 bits per heavy atom. The normalized spacial score (nSPS) is 25.9. The number of alkyl halides is 3. The SMILES string of the molecule is C[C@H]1CN(Cc2c(Cl)cccc2C(F)(F)F)C[C@]1(CC(=O)O)C(=O)NC1CCN(CC2=CCCC2)CC1. The number of nitrogens with one attached hydrogen (secondary N) is 1. The fraction of sp³-hybridized carbons (Fsp3) is 0.630. The van der Waals surface area contributed by atoms with E-state index in [0.717, 1.165) is 51.4 Å². The maximum absolute atomic E-state index is 13.6. The maximum atomic E-state index is 13.6. The molecule has 0 aromatic heterocycles. The summed E-state index contributed by atoms with van der Waals surface area (Å²) in [5.41, 5.74) is -0.611. The summed E-state index contributed by atoms with van der Waals surface area (Å²) in [5.74, 6) is -1.77. The van der Waals surface area contributed by atoms with Gasteiger partial charge in [-0.15, -0.1) is 0 Å². The highest BCUT2D eigenvalue weighted by Crippen LogP contribution is 2.42. The van der Waals surface area contributed by atoms with Gasteiger partial charge in [-0.1, -0.05) is 36.2 Å². The van der Waals surface area contributed by atoms with Gasteiger partial charge in [-0.25, -0.2) is 0 Å². The molecule has 2 fully saturated rings. The van der Waals surface area contributed by atoms with Crippen molar-refractivity contribution in [2.45, 2.75) is 64.2 Å². The van der Waals surface area contributed by atoms with Crippen molar-refractivity contribution in [1.29, 1.82) is 0 Å². The number of hydrogen-bond acceptors (Lipinski definition) is 4. The average Bonchev–Trinajstić information content (AvgIpc) is 3.43. The van der Waals surface area contributed by atoms with Gasteiger partial charge in [0.05, 0.1) is 17.4 Å². The van der Waals surface area contributed by atoms with E-state index in [2.05, 4.69) is 16.3 Å². The molecule has 1 amide bonds. The Kier molecular flexibility index (Phi) is 8.55. The Bertz CT molecular complexity index is 1040. The van der Waals surface area contributed by atoms with E-state index in [-0.39, 0.29) is 48.0 Å². The van der Waals surface area contributed by atoms with Crippen molar-refractivity contribution in [3.05, 3.63) is 46.0 Å². The van der Waals surface area contributed by atoms with Crippen LogP contribution in [0.2, 0.25) is 5.02 Å². The molecule has 2 heterocycles. The average molecular weight is 542 g/mol. The molecule has 2 N–H and O–H groups in total. The van der Waals surface area contributed by atoms with Crippen LogP contribution in [0.1, 0.15) is 56.6 Å². The van der Waals surface area contributed by atoms with E-state index in [1.54, 1.807) is 11.8 Å². The van der Waals surface area contributed by atoms with Gasteiger partial charge in [-0.05, 0) is 55.7 Å². The molecule has 2 aliphatic heterocycles. The summed E-state index contributed by atoms with van der Waals surface area (Å²) in [6.45, 7) is 4.75. The number of carboxylic acids is 1. The van der Waals surface area contributed by atoms with Gasteiger partial charge in [-0.2, -0.15) is 13.2 Å². The number of carbonyl (C=O) groups excluding carboxylic acids is 1. The van der Waals surface area contributed by atoms with E-state index in [9.17, 15) is 27.9 Å². The van der Waals surface area contributed by atoms with Crippen LogP contribution < -0.4 is 5.32 Å². The first kappa shape index (κ1) is 27.9. The molecular formula is C27H35ClF3N3O3. The second-order valence-corrected chi connectivity index (χ2v) is 11.2. The number of benzene rings is 1. The van der Waals surface area contributed by atoms with Gasteiger partial charge >= 0.3 is 12.1 Å². The van der Waals surface area contributed by atoms with Gasteiger partial charge in [0.15, 0.2) is 0 Å². The van der Waals surface area contributed by atoms with E-state index in [4.69, 9.17) is 11.6 Å². The largest absolute Gasteiger partial charge is 0.481 e. The molecule has 204 valence electrons. The lowest BCUT2D eigenvalue weighted by Crippen LogP contribution is -2.53. The number of aliphatic carboxylic acids is 1. The summed E-state index contributed by atoms with van der Waals surface area (Å²) in [7, 11) is 0. The zero-order valence-corrected chi connectivity index (χ0v) is 21.9. The van der Waals surface area contributed by atoms with E-state index < -0.39 is 23.1 Å². The van der Waals surface area contributed by atoms with Gasteiger partial charge < -0.3 is 10.4 Å². The van der Waals surface area contributed by atoms with Crippen LogP contribution in [0.4, 0.5) is 13.2 Å². The van der Waals surface area contributed by atoms with E-state index >= 15 is 0 Å². The van der Waals surface area contributed by atoms with Crippen LogP contribution in [0.5, 0.6) is 0 Å². The Labute approximate surface area is 220 Å². The third-order valence-electron chi connectivity index (χ3n) is 8.19. The molecule has 1 aromatic rings. The minimum absolute atomic E-state index is 0.00258. The van der Waals surface area contributed by atoms with Crippen molar-refractivity contribution >= 4 is 23.5 Å². The number of allylic oxidation sites excluding steroid dienone is 1. The summed E-state index contributed by atoms with van der Waals surface area (Å²) in [6.07, 6.45) is 2.47. The van der Waals surface area contributed by atoms with Crippen LogP contribution in [0.3, 0.4) is 0 Å². The lowest BCUT2D eigenvalue weighted by atomic mass is 9.75. The lowest BCUT2D eigenvalue weighted by molar-refractivity contribution is -0.147. The molecule has 0 radical (unpaired) electrons. The third-order valence-corrected chi connectivity index (χ3v) is 8.54. The van der Waals surface area contributed by atoms with Crippen molar-refractivity contribution in [2.24, 2.45) is 11.3 Å². The summed E-state index contributed by atoms with van der Waals surface area (Å²) >= 11 is 6.15. The fourth-order valence-corrected chi connectivity index (χ4v) is 6.35. The van der Waals surface area contributed by atoms with Gasteiger partial charge in [0.1, 0.15) is 0 Å². The molecule has 0 bridgehead atoms. The van der Waals surface area contributed by atoms with Gasteiger partial charge in [0, 0.05) is 50.3 Å². The monoisotopic (exact) mass is 541 g/mol. The molecule has 0 spiro atoms. The third kappa shape index (κ3) is 6.49. The fourth-order valence-electron chi connectivity index (χ4n) is 6.12. The zero-order valence-electron chi connectivity index (χ0n) is 21.1. The minimum atomic E-state index is -4.57. The van der Waals surface area contributed by atoms with Crippen molar-refractivity contribution < 1.29 is 27.9 Å². The minimum Gasteiger partial charge on any atom is -0.481 e.